The maximum atomic E-state index is 10.2. The van der Waals surface area contributed by atoms with Crippen molar-refractivity contribution in [3.05, 3.63) is 51.3 Å². The lowest BCUT2D eigenvalue weighted by atomic mass is 10.1. The standard InChI is InChI=1S/C15H16BrCl2NO2/c1-8-6-10(15(21)13(20)7-16)9(2)19(8)12-5-3-4-11(17)14(12)18/h3-6,13,15,20-21H,7H2,1-2H3. The van der Waals surface area contributed by atoms with Gasteiger partial charge in [0.25, 0.3) is 0 Å². The van der Waals surface area contributed by atoms with Gasteiger partial charge in [0.2, 0.25) is 0 Å². The molecule has 0 bridgehead atoms. The van der Waals surface area contributed by atoms with Crippen LogP contribution in [0.3, 0.4) is 0 Å². The van der Waals surface area contributed by atoms with Gasteiger partial charge in [0, 0.05) is 22.3 Å². The molecule has 0 aliphatic carbocycles. The molecule has 0 aliphatic rings. The van der Waals surface area contributed by atoms with Crippen LogP contribution in [0.1, 0.15) is 23.1 Å². The quantitative estimate of drug-likeness (QED) is 0.766. The number of aliphatic hydroxyl groups excluding tert-OH is 2. The average Bonchev–Trinajstić information content (AvgIpc) is 2.75. The van der Waals surface area contributed by atoms with Gasteiger partial charge in [0.05, 0.1) is 21.8 Å². The molecule has 1 aromatic carbocycles. The number of aliphatic hydroxyl groups is 2. The van der Waals surface area contributed by atoms with Gasteiger partial charge in [-0.15, -0.1) is 0 Å². The van der Waals surface area contributed by atoms with E-state index in [9.17, 15) is 10.2 Å². The van der Waals surface area contributed by atoms with E-state index in [1.54, 1.807) is 6.07 Å². The van der Waals surface area contributed by atoms with Crippen molar-refractivity contribution in [3.8, 4) is 5.69 Å². The van der Waals surface area contributed by atoms with Gasteiger partial charge in [-0.25, -0.2) is 0 Å². The summed E-state index contributed by atoms with van der Waals surface area (Å²) in [7, 11) is 0. The minimum absolute atomic E-state index is 0.301. The Kier molecular flexibility index (Phi) is 5.38. The maximum absolute atomic E-state index is 10.2. The molecule has 3 nitrogen and oxygen atoms in total. The number of hydrogen-bond acceptors (Lipinski definition) is 2. The van der Waals surface area contributed by atoms with Gasteiger partial charge in [-0.2, -0.15) is 0 Å². The van der Waals surface area contributed by atoms with Crippen LogP contribution in [0.4, 0.5) is 0 Å². The highest BCUT2D eigenvalue weighted by Crippen LogP contribution is 2.33. The zero-order valence-corrected chi connectivity index (χ0v) is 14.7. The highest BCUT2D eigenvalue weighted by molar-refractivity contribution is 9.09. The zero-order valence-electron chi connectivity index (χ0n) is 11.6. The fourth-order valence-corrected chi connectivity index (χ4v) is 3.15. The first-order chi connectivity index (χ1) is 9.88. The average molecular weight is 393 g/mol. The number of aromatic nitrogens is 1. The fourth-order valence-electron chi connectivity index (χ4n) is 2.41. The van der Waals surface area contributed by atoms with Crippen molar-refractivity contribution in [1.29, 1.82) is 0 Å². The van der Waals surface area contributed by atoms with Crippen molar-refractivity contribution in [1.82, 2.24) is 4.57 Å². The molecule has 0 saturated carbocycles. The minimum Gasteiger partial charge on any atom is -0.389 e. The smallest absolute Gasteiger partial charge is 0.107 e. The zero-order chi connectivity index (χ0) is 15.7. The van der Waals surface area contributed by atoms with E-state index in [0.717, 1.165) is 17.1 Å². The number of benzene rings is 1. The molecule has 1 heterocycles. The molecule has 2 rings (SSSR count). The van der Waals surface area contributed by atoms with Gasteiger partial charge >= 0.3 is 0 Å². The number of rotatable bonds is 4. The van der Waals surface area contributed by atoms with Crippen molar-refractivity contribution < 1.29 is 10.2 Å². The summed E-state index contributed by atoms with van der Waals surface area (Å²) in [6.45, 7) is 3.80. The summed E-state index contributed by atoms with van der Waals surface area (Å²) in [5.74, 6) is 0. The summed E-state index contributed by atoms with van der Waals surface area (Å²) in [6, 6.07) is 7.27. The third-order valence-corrected chi connectivity index (χ3v) is 4.96. The molecule has 2 unspecified atom stereocenters. The summed E-state index contributed by atoms with van der Waals surface area (Å²) in [6.07, 6.45) is -1.82. The van der Waals surface area contributed by atoms with Crippen LogP contribution in [-0.4, -0.2) is 26.2 Å². The Hall–Kier alpha value is -0.520. The Morgan fingerprint density at radius 3 is 2.52 bits per heavy atom. The molecule has 0 spiro atoms. The van der Waals surface area contributed by atoms with Gasteiger partial charge in [-0.05, 0) is 32.0 Å². The van der Waals surface area contributed by atoms with Gasteiger partial charge in [-0.3, -0.25) is 0 Å². The normalized spacial score (nSPS) is 14.2. The number of nitrogens with zero attached hydrogens (tertiary/aromatic N) is 1. The van der Waals surface area contributed by atoms with E-state index < -0.39 is 12.2 Å². The van der Waals surface area contributed by atoms with Crippen LogP contribution in [0.2, 0.25) is 10.0 Å². The number of halogens is 3. The van der Waals surface area contributed by atoms with E-state index in [1.165, 1.54) is 0 Å². The lowest BCUT2D eigenvalue weighted by molar-refractivity contribution is 0.0339. The van der Waals surface area contributed by atoms with E-state index in [2.05, 4.69) is 15.9 Å². The Morgan fingerprint density at radius 2 is 1.90 bits per heavy atom. The second kappa shape index (κ2) is 6.71. The van der Waals surface area contributed by atoms with Crippen LogP contribution in [0.5, 0.6) is 0 Å². The predicted octanol–water partition coefficient (Wildman–Crippen LogP) is 4.19. The van der Waals surface area contributed by atoms with Crippen LogP contribution in [0.15, 0.2) is 24.3 Å². The molecule has 21 heavy (non-hydrogen) atoms. The second-order valence-electron chi connectivity index (χ2n) is 4.90. The first-order valence-corrected chi connectivity index (χ1v) is 8.31. The fraction of sp³-hybridized carbons (Fsp3) is 0.333. The first-order valence-electron chi connectivity index (χ1n) is 6.43. The third kappa shape index (κ3) is 3.15. The Balaban J connectivity index is 2.57. The predicted molar refractivity (Wildman–Crippen MR) is 90.0 cm³/mol. The number of alkyl halides is 1. The Bertz CT molecular complexity index is 657. The van der Waals surface area contributed by atoms with E-state index >= 15 is 0 Å². The minimum atomic E-state index is -0.956. The van der Waals surface area contributed by atoms with Gasteiger partial charge in [0.1, 0.15) is 6.10 Å². The molecule has 0 fully saturated rings. The van der Waals surface area contributed by atoms with Gasteiger partial charge in [0.15, 0.2) is 0 Å². The van der Waals surface area contributed by atoms with E-state index in [1.807, 2.05) is 36.6 Å². The highest BCUT2D eigenvalue weighted by Gasteiger charge is 2.23. The van der Waals surface area contributed by atoms with Crippen molar-refractivity contribution >= 4 is 39.1 Å². The van der Waals surface area contributed by atoms with Crippen LogP contribution < -0.4 is 0 Å². The molecular formula is C15H16BrCl2NO2. The van der Waals surface area contributed by atoms with Crippen LogP contribution in [0.25, 0.3) is 5.69 Å². The molecule has 6 heteroatoms. The van der Waals surface area contributed by atoms with Gasteiger partial charge in [-0.1, -0.05) is 45.2 Å². The largest absolute Gasteiger partial charge is 0.389 e. The summed E-state index contributed by atoms with van der Waals surface area (Å²) in [4.78, 5) is 0. The molecule has 0 aliphatic heterocycles. The van der Waals surface area contributed by atoms with Crippen molar-refractivity contribution in [2.45, 2.75) is 26.1 Å². The van der Waals surface area contributed by atoms with Crippen LogP contribution in [0, 0.1) is 13.8 Å². The number of hydrogen-bond donors (Lipinski definition) is 2. The van der Waals surface area contributed by atoms with Crippen molar-refractivity contribution in [2.75, 3.05) is 5.33 Å². The Labute approximate surface area is 142 Å². The number of aryl methyl sites for hydroxylation is 1. The van der Waals surface area contributed by atoms with E-state index in [4.69, 9.17) is 23.2 Å². The maximum Gasteiger partial charge on any atom is 0.107 e. The summed E-state index contributed by atoms with van der Waals surface area (Å²) < 4.78 is 1.92. The van der Waals surface area contributed by atoms with Gasteiger partial charge < -0.3 is 14.8 Å². The molecule has 0 saturated heterocycles. The summed E-state index contributed by atoms with van der Waals surface area (Å²) in [5, 5.41) is 21.3. The summed E-state index contributed by atoms with van der Waals surface area (Å²) in [5.41, 5.74) is 3.16. The molecule has 2 atom stereocenters. The topological polar surface area (TPSA) is 45.4 Å². The highest BCUT2D eigenvalue weighted by atomic mass is 79.9. The SMILES string of the molecule is Cc1cc(C(O)C(O)CBr)c(C)n1-c1cccc(Cl)c1Cl. The van der Waals surface area contributed by atoms with Crippen LogP contribution >= 0.6 is 39.1 Å². The molecule has 1 aromatic heterocycles. The molecule has 114 valence electrons. The molecule has 0 amide bonds. The lowest BCUT2D eigenvalue weighted by Gasteiger charge is -2.17. The molecule has 0 radical (unpaired) electrons. The molecule has 2 N–H and O–H groups in total. The molecule has 2 aromatic rings. The summed E-state index contributed by atoms with van der Waals surface area (Å²) >= 11 is 15.5. The first kappa shape index (κ1) is 16.8. The second-order valence-corrected chi connectivity index (χ2v) is 6.33. The molecular weight excluding hydrogens is 377 g/mol. The van der Waals surface area contributed by atoms with Crippen molar-refractivity contribution in [3.63, 3.8) is 0 Å². The van der Waals surface area contributed by atoms with E-state index in [0.29, 0.717) is 20.9 Å². The van der Waals surface area contributed by atoms with E-state index in [-0.39, 0.29) is 0 Å². The third-order valence-electron chi connectivity index (χ3n) is 3.48. The van der Waals surface area contributed by atoms with Crippen molar-refractivity contribution in [2.24, 2.45) is 0 Å². The Morgan fingerprint density at radius 1 is 1.24 bits per heavy atom. The lowest BCUT2D eigenvalue weighted by Crippen LogP contribution is -2.20. The van der Waals surface area contributed by atoms with Crippen LogP contribution in [-0.2, 0) is 0 Å². The monoisotopic (exact) mass is 391 g/mol.